The fourth-order valence-corrected chi connectivity index (χ4v) is 3.31. The fourth-order valence-electron chi connectivity index (χ4n) is 3.31. The first-order valence-electron chi connectivity index (χ1n) is 8.06. The number of aryl methyl sites for hydroxylation is 1. The molecule has 0 aliphatic carbocycles. The number of H-pyrrole nitrogens is 1. The molecule has 23 heavy (non-hydrogen) atoms. The lowest BCUT2D eigenvalue weighted by molar-refractivity contribution is 0.210. The molecule has 3 aromatic rings. The molecular formula is C18H20N4O. The monoisotopic (exact) mass is 308 g/mol. The van der Waals surface area contributed by atoms with Crippen LogP contribution in [-0.2, 0) is 6.54 Å². The van der Waals surface area contributed by atoms with Crippen molar-refractivity contribution in [2.24, 2.45) is 0 Å². The molecule has 1 atom stereocenters. The zero-order valence-corrected chi connectivity index (χ0v) is 13.2. The van der Waals surface area contributed by atoms with Crippen LogP contribution < -0.4 is 0 Å². The number of nitrogens with zero attached hydrogens (tertiary/aromatic N) is 3. The Kier molecular flexibility index (Phi) is 3.71. The topological polar surface area (TPSA) is 58.0 Å². The van der Waals surface area contributed by atoms with Crippen molar-refractivity contribution in [3.8, 4) is 11.4 Å². The van der Waals surface area contributed by atoms with E-state index in [4.69, 9.17) is 4.52 Å². The van der Waals surface area contributed by atoms with Gasteiger partial charge in [0.05, 0.1) is 12.6 Å². The minimum Gasteiger partial charge on any atom is -0.364 e. The van der Waals surface area contributed by atoms with Gasteiger partial charge in [-0.05, 0) is 44.5 Å². The third-order valence-corrected chi connectivity index (χ3v) is 4.43. The molecule has 1 aromatic carbocycles. The van der Waals surface area contributed by atoms with E-state index in [9.17, 15) is 0 Å². The normalized spacial score (nSPS) is 18.6. The van der Waals surface area contributed by atoms with Crippen molar-refractivity contribution >= 4 is 0 Å². The highest BCUT2D eigenvalue weighted by Gasteiger charge is 2.28. The average molecular weight is 308 g/mol. The molecule has 0 saturated carbocycles. The molecule has 3 heterocycles. The minimum absolute atomic E-state index is 0.416. The summed E-state index contributed by atoms with van der Waals surface area (Å²) in [6.07, 6.45) is 4.34. The number of benzene rings is 1. The van der Waals surface area contributed by atoms with E-state index in [2.05, 4.69) is 45.1 Å². The highest BCUT2D eigenvalue weighted by Crippen LogP contribution is 2.32. The van der Waals surface area contributed by atoms with Gasteiger partial charge in [-0.2, -0.15) is 4.98 Å². The van der Waals surface area contributed by atoms with Gasteiger partial charge >= 0.3 is 0 Å². The summed E-state index contributed by atoms with van der Waals surface area (Å²) in [5, 5.41) is 4.14. The van der Waals surface area contributed by atoms with Gasteiger partial charge < -0.3 is 9.51 Å². The van der Waals surface area contributed by atoms with Crippen LogP contribution in [0.15, 0.2) is 47.1 Å². The van der Waals surface area contributed by atoms with Crippen LogP contribution in [0.5, 0.6) is 0 Å². The summed E-state index contributed by atoms with van der Waals surface area (Å²) >= 11 is 0. The summed E-state index contributed by atoms with van der Waals surface area (Å²) in [5.74, 6) is 1.35. The second kappa shape index (κ2) is 6.01. The largest absolute Gasteiger partial charge is 0.364 e. The van der Waals surface area contributed by atoms with Crippen LogP contribution in [0.3, 0.4) is 0 Å². The molecule has 1 aliphatic heterocycles. The summed E-state index contributed by atoms with van der Waals surface area (Å²) < 4.78 is 5.47. The molecule has 5 heteroatoms. The summed E-state index contributed by atoms with van der Waals surface area (Å²) in [5.41, 5.74) is 3.46. The molecule has 1 N–H and O–H groups in total. The maximum atomic E-state index is 5.47. The molecule has 0 amide bonds. The fraction of sp³-hybridized carbons (Fsp3) is 0.333. The van der Waals surface area contributed by atoms with Gasteiger partial charge in [-0.1, -0.05) is 28.9 Å². The van der Waals surface area contributed by atoms with Gasteiger partial charge in [-0.3, -0.25) is 4.90 Å². The molecule has 0 radical (unpaired) electrons. The van der Waals surface area contributed by atoms with E-state index < -0.39 is 0 Å². The maximum absolute atomic E-state index is 5.47. The van der Waals surface area contributed by atoms with Crippen LogP contribution >= 0.6 is 0 Å². The van der Waals surface area contributed by atoms with Gasteiger partial charge in [0, 0.05) is 17.5 Å². The van der Waals surface area contributed by atoms with Gasteiger partial charge in [0.2, 0.25) is 11.7 Å². The van der Waals surface area contributed by atoms with Crippen molar-refractivity contribution in [2.75, 3.05) is 6.54 Å². The molecule has 1 fully saturated rings. The molecular weight excluding hydrogens is 288 g/mol. The number of rotatable bonds is 4. The van der Waals surface area contributed by atoms with E-state index >= 15 is 0 Å². The zero-order chi connectivity index (χ0) is 15.6. The van der Waals surface area contributed by atoms with Crippen LogP contribution in [-0.4, -0.2) is 26.6 Å². The molecule has 4 rings (SSSR count). The second-order valence-corrected chi connectivity index (χ2v) is 6.14. The third-order valence-electron chi connectivity index (χ3n) is 4.43. The van der Waals surface area contributed by atoms with Crippen molar-refractivity contribution in [1.29, 1.82) is 0 Å². The summed E-state index contributed by atoms with van der Waals surface area (Å²) in [7, 11) is 0. The van der Waals surface area contributed by atoms with Gasteiger partial charge in [0.25, 0.3) is 0 Å². The first-order valence-corrected chi connectivity index (χ1v) is 8.06. The van der Waals surface area contributed by atoms with Gasteiger partial charge in [-0.15, -0.1) is 0 Å². The number of aromatic amines is 1. The van der Waals surface area contributed by atoms with E-state index in [-0.39, 0.29) is 0 Å². The molecule has 118 valence electrons. The standard InChI is InChI=1S/C18H20N4O/c1-13-5-2-6-14(11-13)18-20-17(23-21-18)12-22-10-4-8-16(22)15-7-3-9-19-15/h2-3,5-7,9,11,16,19H,4,8,10,12H2,1H3. The Bertz CT molecular complexity index is 778. The van der Waals surface area contributed by atoms with Crippen molar-refractivity contribution < 1.29 is 4.52 Å². The Morgan fingerprint density at radius 2 is 2.26 bits per heavy atom. The summed E-state index contributed by atoms with van der Waals surface area (Å²) in [4.78, 5) is 10.3. The van der Waals surface area contributed by atoms with E-state index in [0.29, 0.717) is 24.3 Å². The first-order chi connectivity index (χ1) is 11.3. The van der Waals surface area contributed by atoms with Crippen molar-refractivity contribution in [3.05, 3.63) is 59.7 Å². The predicted molar refractivity (Wildman–Crippen MR) is 87.6 cm³/mol. The molecule has 1 aliphatic rings. The first kappa shape index (κ1) is 14.2. The Balaban J connectivity index is 1.51. The van der Waals surface area contributed by atoms with E-state index in [1.54, 1.807) is 0 Å². The smallest absolute Gasteiger partial charge is 0.241 e. The second-order valence-electron chi connectivity index (χ2n) is 6.14. The molecule has 0 bridgehead atoms. The van der Waals surface area contributed by atoms with Gasteiger partial charge in [0.15, 0.2) is 0 Å². The molecule has 1 saturated heterocycles. The lowest BCUT2D eigenvalue weighted by Crippen LogP contribution is -2.23. The number of hydrogen-bond acceptors (Lipinski definition) is 4. The number of nitrogens with one attached hydrogen (secondary N) is 1. The quantitative estimate of drug-likeness (QED) is 0.798. The highest BCUT2D eigenvalue weighted by atomic mass is 16.5. The van der Waals surface area contributed by atoms with Crippen LogP contribution in [0, 0.1) is 6.92 Å². The van der Waals surface area contributed by atoms with Crippen LogP contribution in [0.1, 0.15) is 36.0 Å². The summed E-state index contributed by atoms with van der Waals surface area (Å²) in [6.45, 7) is 3.82. The third kappa shape index (κ3) is 2.92. The van der Waals surface area contributed by atoms with Crippen LogP contribution in [0.2, 0.25) is 0 Å². The van der Waals surface area contributed by atoms with Crippen molar-refractivity contribution in [3.63, 3.8) is 0 Å². The Morgan fingerprint density at radius 3 is 3.09 bits per heavy atom. The van der Waals surface area contributed by atoms with Crippen molar-refractivity contribution in [2.45, 2.75) is 32.4 Å². The summed E-state index contributed by atoms with van der Waals surface area (Å²) in [6, 6.07) is 12.8. The average Bonchev–Trinajstić information content (AvgIpc) is 3.29. The Hall–Kier alpha value is -2.40. The predicted octanol–water partition coefficient (Wildman–Crippen LogP) is 3.71. The van der Waals surface area contributed by atoms with Crippen LogP contribution in [0.25, 0.3) is 11.4 Å². The Labute approximate surface area is 135 Å². The van der Waals surface area contributed by atoms with Crippen molar-refractivity contribution in [1.82, 2.24) is 20.0 Å². The number of hydrogen-bond donors (Lipinski definition) is 1. The SMILES string of the molecule is Cc1cccc(-c2noc(CN3CCCC3c3ccc[nH]3)n2)c1. The number of likely N-dealkylation sites (tertiary alicyclic amines) is 1. The molecule has 1 unspecified atom stereocenters. The molecule has 2 aromatic heterocycles. The molecule has 0 spiro atoms. The lowest BCUT2D eigenvalue weighted by atomic mass is 10.1. The minimum atomic E-state index is 0.416. The van der Waals surface area contributed by atoms with E-state index in [0.717, 1.165) is 12.1 Å². The van der Waals surface area contributed by atoms with E-state index in [1.807, 2.05) is 24.4 Å². The van der Waals surface area contributed by atoms with E-state index in [1.165, 1.54) is 24.1 Å². The van der Waals surface area contributed by atoms with Crippen LogP contribution in [0.4, 0.5) is 0 Å². The van der Waals surface area contributed by atoms with Gasteiger partial charge in [0.1, 0.15) is 0 Å². The maximum Gasteiger partial charge on any atom is 0.241 e. The number of aromatic nitrogens is 3. The Morgan fingerprint density at radius 1 is 1.30 bits per heavy atom. The lowest BCUT2D eigenvalue weighted by Gasteiger charge is -2.21. The molecule has 5 nitrogen and oxygen atoms in total. The zero-order valence-electron chi connectivity index (χ0n) is 13.2. The highest BCUT2D eigenvalue weighted by molar-refractivity contribution is 5.55. The van der Waals surface area contributed by atoms with Gasteiger partial charge in [-0.25, -0.2) is 0 Å².